The van der Waals surface area contributed by atoms with Crippen molar-refractivity contribution in [3.63, 3.8) is 0 Å². The van der Waals surface area contributed by atoms with Gasteiger partial charge in [-0.15, -0.1) is 0 Å². The Morgan fingerprint density at radius 2 is 2.09 bits per heavy atom. The summed E-state index contributed by atoms with van der Waals surface area (Å²) in [6.45, 7) is 9.58. The van der Waals surface area contributed by atoms with Gasteiger partial charge in [-0.05, 0) is 33.3 Å². The molecular formula is C16H25N5O. The van der Waals surface area contributed by atoms with Crippen LogP contribution in [0.3, 0.4) is 0 Å². The highest BCUT2D eigenvalue weighted by Crippen LogP contribution is 2.25. The van der Waals surface area contributed by atoms with Crippen molar-refractivity contribution in [2.75, 3.05) is 13.1 Å². The number of amides is 1. The second kappa shape index (κ2) is 6.77. The summed E-state index contributed by atoms with van der Waals surface area (Å²) in [5.74, 6) is 0.00824. The average molecular weight is 303 g/mol. The van der Waals surface area contributed by atoms with Crippen molar-refractivity contribution in [2.24, 2.45) is 7.05 Å². The number of nitrogens with one attached hydrogen (secondary N) is 1. The molecule has 0 fully saturated rings. The Morgan fingerprint density at radius 1 is 1.36 bits per heavy atom. The van der Waals surface area contributed by atoms with Gasteiger partial charge in [0.1, 0.15) is 5.69 Å². The monoisotopic (exact) mass is 303 g/mol. The van der Waals surface area contributed by atoms with E-state index in [1.165, 1.54) is 0 Å². The molecule has 0 atom stereocenters. The Hall–Kier alpha value is -2.11. The molecule has 0 spiro atoms. The van der Waals surface area contributed by atoms with E-state index in [4.69, 9.17) is 0 Å². The van der Waals surface area contributed by atoms with Crippen LogP contribution in [0.25, 0.3) is 11.3 Å². The van der Waals surface area contributed by atoms with E-state index in [9.17, 15) is 4.79 Å². The molecule has 0 aliphatic rings. The number of carbonyl (C=O) groups is 1. The molecule has 1 amide bonds. The number of unbranched alkanes of at least 4 members (excludes halogenated alkanes) is 1. The molecule has 0 aliphatic carbocycles. The van der Waals surface area contributed by atoms with E-state index in [0.717, 1.165) is 42.0 Å². The molecule has 1 N–H and O–H groups in total. The maximum atomic E-state index is 12.5. The third-order valence-electron chi connectivity index (χ3n) is 4.02. The zero-order valence-corrected chi connectivity index (χ0v) is 14.1. The number of rotatable bonds is 6. The number of H-pyrrole nitrogens is 1. The van der Waals surface area contributed by atoms with Crippen LogP contribution >= 0.6 is 0 Å². The van der Waals surface area contributed by atoms with Crippen LogP contribution < -0.4 is 0 Å². The molecule has 2 aromatic heterocycles. The first-order valence-corrected chi connectivity index (χ1v) is 7.84. The topological polar surface area (TPSA) is 66.8 Å². The van der Waals surface area contributed by atoms with Crippen LogP contribution in [0.1, 0.15) is 48.6 Å². The minimum absolute atomic E-state index is 0.00824. The minimum atomic E-state index is 0.00824. The molecule has 0 saturated heterocycles. The van der Waals surface area contributed by atoms with E-state index in [2.05, 4.69) is 22.2 Å². The summed E-state index contributed by atoms with van der Waals surface area (Å²) in [6, 6.07) is 1.83. The fraction of sp³-hybridized carbons (Fsp3) is 0.562. The van der Waals surface area contributed by atoms with Crippen LogP contribution in [0.15, 0.2) is 6.07 Å². The van der Waals surface area contributed by atoms with Crippen molar-refractivity contribution in [2.45, 2.75) is 40.5 Å². The Kier molecular flexibility index (Phi) is 5.00. The quantitative estimate of drug-likeness (QED) is 0.892. The van der Waals surface area contributed by atoms with Crippen LogP contribution in [-0.4, -0.2) is 43.9 Å². The van der Waals surface area contributed by atoms with E-state index in [1.54, 1.807) is 0 Å². The SMILES string of the molecule is CCCCN(CC)C(=O)c1cc(-c2c(C)nn(C)c2C)n[nH]1. The van der Waals surface area contributed by atoms with Crippen LogP contribution in [-0.2, 0) is 7.05 Å². The van der Waals surface area contributed by atoms with Gasteiger partial charge in [-0.3, -0.25) is 14.6 Å². The van der Waals surface area contributed by atoms with E-state index in [0.29, 0.717) is 12.2 Å². The lowest BCUT2D eigenvalue weighted by molar-refractivity contribution is 0.0756. The van der Waals surface area contributed by atoms with Crippen LogP contribution in [0, 0.1) is 13.8 Å². The van der Waals surface area contributed by atoms with Gasteiger partial charge in [0.15, 0.2) is 0 Å². The van der Waals surface area contributed by atoms with E-state index in [-0.39, 0.29) is 5.91 Å². The Labute approximate surface area is 131 Å². The molecule has 2 rings (SSSR count). The number of aromatic amines is 1. The van der Waals surface area contributed by atoms with Crippen molar-refractivity contribution in [1.29, 1.82) is 0 Å². The van der Waals surface area contributed by atoms with Gasteiger partial charge < -0.3 is 4.90 Å². The van der Waals surface area contributed by atoms with Gasteiger partial charge in [0.05, 0.1) is 11.4 Å². The second-order valence-electron chi connectivity index (χ2n) is 5.57. The largest absolute Gasteiger partial charge is 0.338 e. The van der Waals surface area contributed by atoms with E-state index in [1.807, 2.05) is 43.5 Å². The predicted molar refractivity (Wildman–Crippen MR) is 86.7 cm³/mol. The Bertz CT molecular complexity index is 656. The Morgan fingerprint density at radius 3 is 2.64 bits per heavy atom. The zero-order valence-electron chi connectivity index (χ0n) is 14.1. The van der Waals surface area contributed by atoms with Crippen molar-refractivity contribution in [3.05, 3.63) is 23.1 Å². The molecule has 0 unspecified atom stereocenters. The summed E-state index contributed by atoms with van der Waals surface area (Å²) >= 11 is 0. The lowest BCUT2D eigenvalue weighted by atomic mass is 10.1. The number of carbonyl (C=O) groups excluding carboxylic acids is 1. The van der Waals surface area contributed by atoms with Gasteiger partial charge in [0.25, 0.3) is 5.91 Å². The average Bonchev–Trinajstić information content (AvgIpc) is 3.05. The first kappa shape index (κ1) is 16.3. The van der Waals surface area contributed by atoms with Gasteiger partial charge in [-0.1, -0.05) is 13.3 Å². The van der Waals surface area contributed by atoms with Gasteiger partial charge in [-0.2, -0.15) is 10.2 Å². The molecule has 6 nitrogen and oxygen atoms in total. The van der Waals surface area contributed by atoms with Crippen molar-refractivity contribution < 1.29 is 4.79 Å². The van der Waals surface area contributed by atoms with Crippen molar-refractivity contribution in [1.82, 2.24) is 24.9 Å². The molecule has 0 aromatic carbocycles. The standard InChI is InChI=1S/C16H25N5O/c1-6-8-9-21(7-2)16(22)14-10-13(17-18-14)15-11(3)19-20(5)12(15)4/h10H,6-9H2,1-5H3,(H,17,18). The molecule has 0 radical (unpaired) electrons. The zero-order chi connectivity index (χ0) is 16.3. The van der Waals surface area contributed by atoms with Crippen LogP contribution in [0.4, 0.5) is 0 Å². The normalized spacial score (nSPS) is 11.0. The van der Waals surface area contributed by atoms with Gasteiger partial charge >= 0.3 is 0 Å². The van der Waals surface area contributed by atoms with E-state index >= 15 is 0 Å². The molecule has 0 aliphatic heterocycles. The fourth-order valence-electron chi connectivity index (χ4n) is 2.63. The third-order valence-corrected chi connectivity index (χ3v) is 4.02. The molecule has 22 heavy (non-hydrogen) atoms. The predicted octanol–water partition coefficient (Wildman–Crippen LogP) is 2.69. The summed E-state index contributed by atoms with van der Waals surface area (Å²) in [4.78, 5) is 14.4. The molecule has 120 valence electrons. The lowest BCUT2D eigenvalue weighted by Crippen LogP contribution is -2.32. The van der Waals surface area contributed by atoms with Crippen LogP contribution in [0.2, 0.25) is 0 Å². The second-order valence-corrected chi connectivity index (χ2v) is 5.57. The first-order valence-electron chi connectivity index (χ1n) is 7.84. The number of nitrogens with zero attached hydrogens (tertiary/aromatic N) is 4. The maximum Gasteiger partial charge on any atom is 0.271 e. The summed E-state index contributed by atoms with van der Waals surface area (Å²) in [5, 5.41) is 11.6. The number of aromatic nitrogens is 4. The first-order chi connectivity index (χ1) is 10.5. The summed E-state index contributed by atoms with van der Waals surface area (Å²) < 4.78 is 1.83. The van der Waals surface area contributed by atoms with Gasteiger partial charge in [0.2, 0.25) is 0 Å². The lowest BCUT2D eigenvalue weighted by Gasteiger charge is -2.19. The number of hydrogen-bond acceptors (Lipinski definition) is 3. The molecule has 0 saturated carbocycles. The third kappa shape index (κ3) is 3.05. The summed E-state index contributed by atoms with van der Waals surface area (Å²) in [5.41, 5.74) is 4.27. The molecule has 2 heterocycles. The van der Waals surface area contributed by atoms with Crippen LogP contribution in [0.5, 0.6) is 0 Å². The Balaban J connectivity index is 2.25. The molecule has 2 aromatic rings. The number of aryl methyl sites for hydroxylation is 2. The van der Waals surface area contributed by atoms with Crippen molar-refractivity contribution >= 4 is 5.91 Å². The highest BCUT2D eigenvalue weighted by Gasteiger charge is 2.19. The molecule has 6 heteroatoms. The fourth-order valence-corrected chi connectivity index (χ4v) is 2.63. The highest BCUT2D eigenvalue weighted by atomic mass is 16.2. The minimum Gasteiger partial charge on any atom is -0.338 e. The maximum absolute atomic E-state index is 12.5. The van der Waals surface area contributed by atoms with Crippen molar-refractivity contribution in [3.8, 4) is 11.3 Å². The van der Waals surface area contributed by atoms with Gasteiger partial charge in [0, 0.05) is 31.4 Å². The molecular weight excluding hydrogens is 278 g/mol. The summed E-state index contributed by atoms with van der Waals surface area (Å²) in [6.07, 6.45) is 2.09. The van der Waals surface area contributed by atoms with E-state index < -0.39 is 0 Å². The summed E-state index contributed by atoms with van der Waals surface area (Å²) in [7, 11) is 1.91. The smallest absolute Gasteiger partial charge is 0.271 e. The van der Waals surface area contributed by atoms with Gasteiger partial charge in [-0.25, -0.2) is 0 Å². The highest BCUT2D eigenvalue weighted by molar-refractivity contribution is 5.93. The molecule has 0 bridgehead atoms. The number of hydrogen-bond donors (Lipinski definition) is 1.